The molecule has 2 rings (SSSR count). The molecule has 1 aliphatic rings. The number of hydrogen-bond donors (Lipinski definition) is 1. The molecule has 1 aromatic rings. The average Bonchev–Trinajstić information content (AvgIpc) is 2.85. The van der Waals surface area contributed by atoms with Gasteiger partial charge in [0.2, 0.25) is 17.2 Å². The van der Waals surface area contributed by atoms with E-state index in [0.29, 0.717) is 17.9 Å². The number of hydrogen-bond acceptors (Lipinski definition) is 6. The van der Waals surface area contributed by atoms with Crippen molar-refractivity contribution in [1.29, 1.82) is 0 Å². The maximum absolute atomic E-state index is 5.91. The molecule has 0 bridgehead atoms. The average molecular weight is 285 g/mol. The summed E-state index contributed by atoms with van der Waals surface area (Å²) in [6.45, 7) is 5.40. The number of halogens is 1. The number of rotatable bonds is 5. The summed E-state index contributed by atoms with van der Waals surface area (Å²) in [6, 6.07) is 0.573. The Balaban J connectivity index is 2.06. The molecule has 0 spiro atoms. The lowest BCUT2D eigenvalue weighted by molar-refractivity contribution is 0.270. The molecule has 1 saturated heterocycles. The van der Waals surface area contributed by atoms with Crippen molar-refractivity contribution in [3.63, 3.8) is 0 Å². The fraction of sp³-hybridized carbons (Fsp3) is 0.750. The molecule has 0 amide bonds. The summed E-state index contributed by atoms with van der Waals surface area (Å²) in [4.78, 5) is 17.1. The van der Waals surface area contributed by atoms with Crippen molar-refractivity contribution < 1.29 is 0 Å². The molecule has 0 saturated carbocycles. The van der Waals surface area contributed by atoms with Gasteiger partial charge in [0.1, 0.15) is 0 Å². The van der Waals surface area contributed by atoms with Gasteiger partial charge in [0, 0.05) is 26.7 Å². The van der Waals surface area contributed by atoms with E-state index in [-0.39, 0.29) is 5.28 Å². The van der Waals surface area contributed by atoms with Crippen molar-refractivity contribution in [2.75, 3.05) is 43.9 Å². The van der Waals surface area contributed by atoms with E-state index >= 15 is 0 Å². The van der Waals surface area contributed by atoms with E-state index in [1.807, 2.05) is 11.9 Å². The van der Waals surface area contributed by atoms with Gasteiger partial charge < -0.3 is 10.2 Å². The Kier molecular flexibility index (Phi) is 4.76. The zero-order valence-electron chi connectivity index (χ0n) is 11.7. The van der Waals surface area contributed by atoms with Gasteiger partial charge in [-0.1, -0.05) is 6.92 Å². The summed E-state index contributed by atoms with van der Waals surface area (Å²) in [5.41, 5.74) is 0. The fourth-order valence-corrected chi connectivity index (χ4v) is 2.69. The van der Waals surface area contributed by atoms with E-state index in [4.69, 9.17) is 11.6 Å². The SMILES string of the molecule is CCN1CCCC1CN(C)c1nc(Cl)nc(NC)n1. The molecule has 1 aromatic heterocycles. The summed E-state index contributed by atoms with van der Waals surface area (Å²) >= 11 is 5.91. The highest BCUT2D eigenvalue weighted by Crippen LogP contribution is 2.19. The number of likely N-dealkylation sites (N-methyl/N-ethyl adjacent to an activating group) is 2. The molecular weight excluding hydrogens is 264 g/mol. The van der Waals surface area contributed by atoms with Crippen LogP contribution in [0.4, 0.5) is 11.9 Å². The van der Waals surface area contributed by atoms with Crippen LogP contribution in [-0.2, 0) is 0 Å². The topological polar surface area (TPSA) is 57.2 Å². The van der Waals surface area contributed by atoms with E-state index in [0.717, 1.165) is 13.1 Å². The number of nitrogens with zero attached hydrogens (tertiary/aromatic N) is 5. The second kappa shape index (κ2) is 6.34. The van der Waals surface area contributed by atoms with Crippen LogP contribution in [-0.4, -0.2) is 59.6 Å². The normalized spacial score (nSPS) is 19.7. The van der Waals surface area contributed by atoms with Crippen molar-refractivity contribution in [2.24, 2.45) is 0 Å². The highest BCUT2D eigenvalue weighted by molar-refractivity contribution is 6.28. The van der Waals surface area contributed by atoms with E-state index < -0.39 is 0 Å². The van der Waals surface area contributed by atoms with E-state index in [9.17, 15) is 0 Å². The Labute approximate surface area is 119 Å². The molecule has 0 radical (unpaired) electrons. The highest BCUT2D eigenvalue weighted by Gasteiger charge is 2.25. The Morgan fingerprint density at radius 1 is 1.42 bits per heavy atom. The smallest absolute Gasteiger partial charge is 0.231 e. The second-order valence-electron chi connectivity index (χ2n) is 4.78. The quantitative estimate of drug-likeness (QED) is 0.884. The number of anilines is 2. The molecule has 0 aromatic carbocycles. The van der Waals surface area contributed by atoms with Crippen molar-refractivity contribution in [1.82, 2.24) is 19.9 Å². The fourth-order valence-electron chi connectivity index (χ4n) is 2.54. The predicted molar refractivity (Wildman–Crippen MR) is 77.9 cm³/mol. The molecule has 2 heterocycles. The molecule has 6 nitrogen and oxygen atoms in total. The first-order chi connectivity index (χ1) is 9.13. The van der Waals surface area contributed by atoms with Gasteiger partial charge in [-0.25, -0.2) is 0 Å². The molecule has 7 heteroatoms. The van der Waals surface area contributed by atoms with Crippen LogP contribution < -0.4 is 10.2 Å². The van der Waals surface area contributed by atoms with Crippen molar-refractivity contribution in [3.05, 3.63) is 5.28 Å². The molecule has 1 fully saturated rings. The van der Waals surface area contributed by atoms with Gasteiger partial charge in [0.05, 0.1) is 0 Å². The van der Waals surface area contributed by atoms with Crippen LogP contribution in [0.15, 0.2) is 0 Å². The molecule has 1 aliphatic heterocycles. The first-order valence-corrected chi connectivity index (χ1v) is 7.06. The summed E-state index contributed by atoms with van der Waals surface area (Å²) in [5.74, 6) is 1.12. The van der Waals surface area contributed by atoms with E-state index in [1.165, 1.54) is 19.4 Å². The molecule has 0 aliphatic carbocycles. The van der Waals surface area contributed by atoms with Crippen LogP contribution in [0.1, 0.15) is 19.8 Å². The van der Waals surface area contributed by atoms with Gasteiger partial charge in [0.25, 0.3) is 0 Å². The van der Waals surface area contributed by atoms with E-state index in [2.05, 4.69) is 32.1 Å². The van der Waals surface area contributed by atoms with Crippen LogP contribution in [0, 0.1) is 0 Å². The second-order valence-corrected chi connectivity index (χ2v) is 5.12. The molecular formula is C12H21ClN6. The molecule has 19 heavy (non-hydrogen) atoms. The first kappa shape index (κ1) is 14.3. The molecule has 1 atom stereocenters. The van der Waals surface area contributed by atoms with Crippen molar-refractivity contribution >= 4 is 23.5 Å². The minimum absolute atomic E-state index is 0.222. The molecule has 1 unspecified atom stereocenters. The summed E-state index contributed by atoms with van der Waals surface area (Å²) in [5, 5.41) is 3.12. The molecule has 1 N–H and O–H groups in total. The standard InChI is InChI=1S/C12H21ClN6/c1-4-19-7-5-6-9(19)8-18(3)12-16-10(13)15-11(14-2)17-12/h9H,4-8H2,1-3H3,(H,14,15,16,17). The highest BCUT2D eigenvalue weighted by atomic mass is 35.5. The van der Waals surface area contributed by atoms with E-state index in [1.54, 1.807) is 7.05 Å². The lowest BCUT2D eigenvalue weighted by atomic mass is 10.2. The maximum Gasteiger partial charge on any atom is 0.231 e. The van der Waals surface area contributed by atoms with Gasteiger partial charge in [-0.15, -0.1) is 0 Å². The minimum atomic E-state index is 0.222. The minimum Gasteiger partial charge on any atom is -0.357 e. The van der Waals surface area contributed by atoms with Crippen LogP contribution in [0.2, 0.25) is 5.28 Å². The van der Waals surface area contributed by atoms with Gasteiger partial charge in [0.15, 0.2) is 0 Å². The van der Waals surface area contributed by atoms with Crippen molar-refractivity contribution in [3.8, 4) is 0 Å². The Morgan fingerprint density at radius 2 is 2.21 bits per heavy atom. The lowest BCUT2D eigenvalue weighted by Gasteiger charge is -2.27. The summed E-state index contributed by atoms with van der Waals surface area (Å²) < 4.78 is 0. The van der Waals surface area contributed by atoms with Crippen molar-refractivity contribution in [2.45, 2.75) is 25.8 Å². The van der Waals surface area contributed by atoms with Crippen LogP contribution in [0.25, 0.3) is 0 Å². The third-order valence-electron chi connectivity index (χ3n) is 3.55. The Bertz CT molecular complexity index is 427. The first-order valence-electron chi connectivity index (χ1n) is 6.68. The van der Waals surface area contributed by atoms with Gasteiger partial charge >= 0.3 is 0 Å². The maximum atomic E-state index is 5.91. The third-order valence-corrected chi connectivity index (χ3v) is 3.72. The van der Waals surface area contributed by atoms with Crippen LogP contribution in [0.5, 0.6) is 0 Å². The summed E-state index contributed by atoms with van der Waals surface area (Å²) in [6.07, 6.45) is 2.50. The monoisotopic (exact) mass is 284 g/mol. The number of aromatic nitrogens is 3. The predicted octanol–water partition coefficient (Wildman–Crippen LogP) is 1.49. The van der Waals surface area contributed by atoms with Gasteiger partial charge in [-0.05, 0) is 37.5 Å². The van der Waals surface area contributed by atoms with Crippen LogP contribution in [0.3, 0.4) is 0 Å². The Hall–Kier alpha value is -1.14. The lowest BCUT2D eigenvalue weighted by Crippen LogP contribution is -2.39. The van der Waals surface area contributed by atoms with Gasteiger partial charge in [-0.3, -0.25) is 4.90 Å². The number of nitrogens with one attached hydrogen (secondary N) is 1. The number of likely N-dealkylation sites (tertiary alicyclic amines) is 1. The molecule has 106 valence electrons. The van der Waals surface area contributed by atoms with Crippen LogP contribution >= 0.6 is 11.6 Å². The summed E-state index contributed by atoms with van der Waals surface area (Å²) in [7, 11) is 3.77. The van der Waals surface area contributed by atoms with Gasteiger partial charge in [-0.2, -0.15) is 15.0 Å². The Morgan fingerprint density at radius 3 is 2.89 bits per heavy atom. The third kappa shape index (κ3) is 3.45. The zero-order valence-corrected chi connectivity index (χ0v) is 12.5. The largest absolute Gasteiger partial charge is 0.357 e. The zero-order chi connectivity index (χ0) is 13.8.